The summed E-state index contributed by atoms with van der Waals surface area (Å²) in [7, 11) is 6.20. The van der Waals surface area contributed by atoms with Gasteiger partial charge in [0.2, 0.25) is 0 Å². The normalized spacial score (nSPS) is 13.3. The van der Waals surface area contributed by atoms with Crippen LogP contribution in [0.3, 0.4) is 0 Å². The minimum absolute atomic E-state index is 0.486. The molecule has 0 saturated heterocycles. The van der Waals surface area contributed by atoms with E-state index in [0.717, 1.165) is 25.2 Å². The molecule has 102 valence electrons. The van der Waals surface area contributed by atoms with Crippen LogP contribution in [-0.4, -0.2) is 55.7 Å². The molecule has 0 fully saturated rings. The number of hydrogen-bond donors (Lipinski definition) is 1. The van der Waals surface area contributed by atoms with E-state index in [4.69, 9.17) is 11.6 Å². The Labute approximate surface area is 115 Å². The Morgan fingerprint density at radius 2 is 1.78 bits per heavy atom. The summed E-state index contributed by atoms with van der Waals surface area (Å²) in [5, 5.41) is 10.7. The second kappa shape index (κ2) is 7.74. The van der Waals surface area contributed by atoms with E-state index < -0.39 is 6.10 Å². The van der Waals surface area contributed by atoms with Crippen molar-refractivity contribution in [1.29, 1.82) is 0 Å². The number of nitrogens with zero attached hydrogens (tertiary/aromatic N) is 2. The second-order valence-corrected chi connectivity index (χ2v) is 5.34. The molecule has 4 heteroatoms. The van der Waals surface area contributed by atoms with Crippen molar-refractivity contribution in [3.8, 4) is 0 Å². The molecule has 0 aromatic heterocycles. The van der Waals surface area contributed by atoms with Gasteiger partial charge in [0.15, 0.2) is 0 Å². The van der Waals surface area contributed by atoms with Crippen LogP contribution in [0.5, 0.6) is 0 Å². The van der Waals surface area contributed by atoms with Crippen molar-refractivity contribution >= 4 is 11.6 Å². The van der Waals surface area contributed by atoms with E-state index in [1.807, 2.05) is 24.3 Å². The van der Waals surface area contributed by atoms with Gasteiger partial charge in [-0.3, -0.25) is 0 Å². The quantitative estimate of drug-likeness (QED) is 0.823. The highest BCUT2D eigenvalue weighted by atomic mass is 35.5. The van der Waals surface area contributed by atoms with E-state index in [0.29, 0.717) is 11.4 Å². The van der Waals surface area contributed by atoms with Crippen LogP contribution in [0, 0.1) is 0 Å². The predicted molar refractivity (Wildman–Crippen MR) is 77.1 cm³/mol. The van der Waals surface area contributed by atoms with Crippen LogP contribution in [0.1, 0.15) is 18.1 Å². The van der Waals surface area contributed by atoms with Crippen LogP contribution in [0.25, 0.3) is 0 Å². The van der Waals surface area contributed by atoms with Crippen LogP contribution in [0.4, 0.5) is 0 Å². The third-order valence-corrected chi connectivity index (χ3v) is 3.32. The molecule has 1 aromatic rings. The maximum absolute atomic E-state index is 10.1. The standard InChI is InChI=1S/C14H23ClN2O/c1-16(2)10-11-17(3)9-8-14(18)12-6-4-5-7-13(12)15/h4-7,14,18H,8-11H2,1-3H3. The van der Waals surface area contributed by atoms with Crippen LogP contribution >= 0.6 is 11.6 Å². The van der Waals surface area contributed by atoms with Gasteiger partial charge in [-0.25, -0.2) is 0 Å². The molecule has 1 rings (SSSR count). The maximum atomic E-state index is 10.1. The Hall–Kier alpha value is -0.610. The predicted octanol–water partition coefficient (Wildman–Crippen LogP) is 2.26. The number of hydrogen-bond acceptors (Lipinski definition) is 3. The van der Waals surface area contributed by atoms with Gasteiger partial charge in [-0.2, -0.15) is 0 Å². The van der Waals surface area contributed by atoms with Crippen molar-refractivity contribution in [1.82, 2.24) is 9.80 Å². The third kappa shape index (κ3) is 5.36. The number of aliphatic hydroxyl groups excluding tert-OH is 1. The molecule has 0 saturated carbocycles. The highest BCUT2D eigenvalue weighted by Gasteiger charge is 2.11. The Bertz CT molecular complexity index is 357. The summed E-state index contributed by atoms with van der Waals surface area (Å²) in [6.07, 6.45) is 0.216. The van der Waals surface area contributed by atoms with Gasteiger partial charge in [0, 0.05) is 24.7 Å². The average Bonchev–Trinajstić information content (AvgIpc) is 2.34. The Balaban J connectivity index is 2.37. The van der Waals surface area contributed by atoms with E-state index in [9.17, 15) is 5.11 Å². The monoisotopic (exact) mass is 270 g/mol. The third-order valence-electron chi connectivity index (χ3n) is 2.98. The fourth-order valence-electron chi connectivity index (χ4n) is 1.73. The van der Waals surface area contributed by atoms with E-state index in [-0.39, 0.29) is 0 Å². The van der Waals surface area contributed by atoms with Crippen molar-refractivity contribution in [3.63, 3.8) is 0 Å². The Morgan fingerprint density at radius 3 is 2.39 bits per heavy atom. The van der Waals surface area contributed by atoms with E-state index in [2.05, 4.69) is 30.9 Å². The molecular formula is C14H23ClN2O. The molecular weight excluding hydrogens is 248 g/mol. The zero-order chi connectivity index (χ0) is 13.5. The van der Waals surface area contributed by atoms with Gasteiger partial charge in [-0.1, -0.05) is 29.8 Å². The molecule has 0 aliphatic carbocycles. The van der Waals surface area contributed by atoms with Gasteiger partial charge >= 0.3 is 0 Å². The Morgan fingerprint density at radius 1 is 1.11 bits per heavy atom. The van der Waals surface area contributed by atoms with Crippen LogP contribution in [0.15, 0.2) is 24.3 Å². The highest BCUT2D eigenvalue weighted by molar-refractivity contribution is 6.31. The van der Waals surface area contributed by atoms with Crippen LogP contribution in [0.2, 0.25) is 5.02 Å². The molecule has 0 aliphatic heterocycles. The number of halogens is 1. The summed E-state index contributed by atoms with van der Waals surface area (Å²) in [4.78, 5) is 4.38. The minimum Gasteiger partial charge on any atom is -0.388 e. The number of benzene rings is 1. The highest BCUT2D eigenvalue weighted by Crippen LogP contribution is 2.24. The first-order valence-electron chi connectivity index (χ1n) is 6.26. The molecule has 0 heterocycles. The lowest BCUT2D eigenvalue weighted by Crippen LogP contribution is -2.30. The molecule has 0 aliphatic rings. The molecule has 1 atom stereocenters. The molecule has 1 aromatic carbocycles. The van der Waals surface area contributed by atoms with E-state index in [1.165, 1.54) is 0 Å². The van der Waals surface area contributed by atoms with Gasteiger partial charge in [0.05, 0.1) is 6.10 Å². The average molecular weight is 271 g/mol. The number of aliphatic hydroxyl groups is 1. The maximum Gasteiger partial charge on any atom is 0.0816 e. The summed E-state index contributed by atoms with van der Waals surface area (Å²) < 4.78 is 0. The van der Waals surface area contributed by atoms with Crippen molar-refractivity contribution in [2.24, 2.45) is 0 Å². The first kappa shape index (κ1) is 15.4. The second-order valence-electron chi connectivity index (χ2n) is 4.93. The number of rotatable bonds is 7. The van der Waals surface area contributed by atoms with Gasteiger partial charge in [0.1, 0.15) is 0 Å². The van der Waals surface area contributed by atoms with E-state index >= 15 is 0 Å². The summed E-state index contributed by atoms with van der Waals surface area (Å²) in [5.74, 6) is 0. The zero-order valence-corrected chi connectivity index (χ0v) is 12.2. The zero-order valence-electron chi connectivity index (χ0n) is 11.4. The first-order valence-corrected chi connectivity index (χ1v) is 6.64. The van der Waals surface area contributed by atoms with E-state index in [1.54, 1.807) is 0 Å². The SMILES string of the molecule is CN(C)CCN(C)CCC(O)c1ccccc1Cl. The van der Waals surface area contributed by atoms with Gasteiger partial charge in [-0.05, 0) is 39.2 Å². The fraction of sp³-hybridized carbons (Fsp3) is 0.571. The molecule has 3 nitrogen and oxygen atoms in total. The van der Waals surface area contributed by atoms with Gasteiger partial charge in [0.25, 0.3) is 0 Å². The lowest BCUT2D eigenvalue weighted by Gasteiger charge is -2.21. The van der Waals surface area contributed by atoms with Gasteiger partial charge < -0.3 is 14.9 Å². The molecule has 0 radical (unpaired) electrons. The van der Waals surface area contributed by atoms with Crippen LogP contribution in [-0.2, 0) is 0 Å². The summed E-state index contributed by atoms with van der Waals surface area (Å²) in [5.41, 5.74) is 0.820. The van der Waals surface area contributed by atoms with Crippen LogP contribution < -0.4 is 0 Å². The summed E-state index contributed by atoms with van der Waals surface area (Å²) >= 11 is 6.06. The molecule has 0 bridgehead atoms. The van der Waals surface area contributed by atoms with Gasteiger partial charge in [-0.15, -0.1) is 0 Å². The molecule has 0 amide bonds. The van der Waals surface area contributed by atoms with Crippen molar-refractivity contribution < 1.29 is 5.11 Å². The lowest BCUT2D eigenvalue weighted by atomic mass is 10.1. The Kier molecular flexibility index (Phi) is 6.65. The van der Waals surface area contributed by atoms with Crippen molar-refractivity contribution in [2.75, 3.05) is 40.8 Å². The summed E-state index contributed by atoms with van der Waals surface area (Å²) in [6.45, 7) is 2.89. The molecule has 18 heavy (non-hydrogen) atoms. The summed E-state index contributed by atoms with van der Waals surface area (Å²) in [6, 6.07) is 7.48. The topological polar surface area (TPSA) is 26.7 Å². The minimum atomic E-state index is -0.486. The fourth-order valence-corrected chi connectivity index (χ4v) is 1.99. The van der Waals surface area contributed by atoms with Crippen molar-refractivity contribution in [3.05, 3.63) is 34.9 Å². The number of likely N-dealkylation sites (N-methyl/N-ethyl adjacent to an activating group) is 2. The molecule has 1 unspecified atom stereocenters. The smallest absolute Gasteiger partial charge is 0.0816 e. The first-order chi connectivity index (χ1) is 8.50. The molecule has 0 spiro atoms. The molecule has 1 N–H and O–H groups in total. The lowest BCUT2D eigenvalue weighted by molar-refractivity contribution is 0.147. The largest absolute Gasteiger partial charge is 0.388 e. The van der Waals surface area contributed by atoms with Crippen molar-refractivity contribution in [2.45, 2.75) is 12.5 Å².